The molecule has 2 aromatic heterocycles. The molecule has 1 fully saturated rings. The number of nitrogens with zero attached hydrogens (tertiary/aromatic N) is 3. The van der Waals surface area contributed by atoms with Gasteiger partial charge in [0.05, 0.1) is 30.1 Å². The van der Waals surface area contributed by atoms with Gasteiger partial charge in [0.2, 0.25) is 5.60 Å². The van der Waals surface area contributed by atoms with E-state index in [2.05, 4.69) is 10.2 Å². The van der Waals surface area contributed by atoms with Gasteiger partial charge in [-0.3, -0.25) is 9.32 Å². The Morgan fingerprint density at radius 3 is 2.74 bits per heavy atom. The summed E-state index contributed by atoms with van der Waals surface area (Å²) in [6.45, 7) is 1.91. The largest absolute Gasteiger partial charge is 0.465 e. The number of para-hydroxylation sites is 1. The van der Waals surface area contributed by atoms with E-state index in [0.29, 0.717) is 11.2 Å². The number of anilines is 1. The lowest BCUT2D eigenvalue weighted by atomic mass is 9.80. The number of carbonyl (C=O) groups excluding carboxylic acids is 1. The lowest BCUT2D eigenvalue weighted by Crippen LogP contribution is -2.52. The number of hydrogen-bond donors (Lipinski definition) is 4. The molecule has 0 bridgehead atoms. The molecule has 1 aliphatic rings. The van der Waals surface area contributed by atoms with E-state index in [-0.39, 0.29) is 18.1 Å². The van der Waals surface area contributed by atoms with Crippen LogP contribution in [-0.2, 0) is 29.0 Å². The van der Waals surface area contributed by atoms with Crippen molar-refractivity contribution in [2.24, 2.45) is 0 Å². The molecule has 0 amide bonds. The zero-order valence-corrected chi connectivity index (χ0v) is 21.6. The summed E-state index contributed by atoms with van der Waals surface area (Å²) >= 11 is 0. The second kappa shape index (κ2) is 10.7. The topological polar surface area (TPSA) is 191 Å². The number of nitriles is 1. The number of fused-ring (bicyclic) bond motifs is 1. The van der Waals surface area contributed by atoms with Gasteiger partial charge < -0.3 is 29.9 Å². The van der Waals surface area contributed by atoms with Crippen molar-refractivity contribution in [3.05, 3.63) is 60.4 Å². The summed E-state index contributed by atoms with van der Waals surface area (Å²) in [4.78, 5) is 11.9. The molecule has 4 rings (SSSR count). The average molecular weight is 545 g/mol. The van der Waals surface area contributed by atoms with Gasteiger partial charge in [-0.1, -0.05) is 18.2 Å². The number of nitrogens with two attached hydrogens (primary N) is 1. The van der Waals surface area contributed by atoms with Crippen molar-refractivity contribution >= 4 is 24.9 Å². The summed E-state index contributed by atoms with van der Waals surface area (Å²) in [5.41, 5.74) is 2.72. The minimum atomic E-state index is -4.24. The molecular weight excluding hydrogens is 517 g/mol. The van der Waals surface area contributed by atoms with E-state index >= 15 is 0 Å². The third-order valence-corrected chi connectivity index (χ3v) is 7.66. The van der Waals surface area contributed by atoms with E-state index < -0.39 is 50.3 Å². The van der Waals surface area contributed by atoms with Gasteiger partial charge in [0.15, 0.2) is 0 Å². The summed E-state index contributed by atoms with van der Waals surface area (Å²) in [5, 5.41) is 39.2. The van der Waals surface area contributed by atoms with Crippen molar-refractivity contribution in [2.45, 2.75) is 37.3 Å². The predicted molar refractivity (Wildman–Crippen MR) is 134 cm³/mol. The fourth-order valence-corrected chi connectivity index (χ4v) is 5.47. The molecule has 202 valence electrons. The van der Waals surface area contributed by atoms with E-state index in [1.165, 1.54) is 35.8 Å². The van der Waals surface area contributed by atoms with Gasteiger partial charge in [0.25, 0.3) is 0 Å². The number of hydrogen-bond acceptors (Lipinski definition) is 11. The van der Waals surface area contributed by atoms with Crippen molar-refractivity contribution in [3.8, 4) is 11.8 Å². The van der Waals surface area contributed by atoms with Crippen LogP contribution in [0.2, 0.25) is 0 Å². The molecule has 5 N–H and O–H groups in total. The predicted octanol–water partition coefficient (Wildman–Crippen LogP) is 1.50. The fraction of sp³-hybridized carbons (Fsp3) is 0.375. The van der Waals surface area contributed by atoms with Crippen molar-refractivity contribution < 1.29 is 38.1 Å². The molecule has 3 heterocycles. The summed E-state index contributed by atoms with van der Waals surface area (Å²) in [7, 11) is -4.24. The quantitative estimate of drug-likeness (QED) is 0.212. The number of carbonyl (C=O) groups is 1. The van der Waals surface area contributed by atoms with Gasteiger partial charge in [-0.2, -0.15) is 10.4 Å². The van der Waals surface area contributed by atoms with Crippen LogP contribution in [0.4, 0.5) is 5.69 Å². The molecule has 1 aromatic carbocycles. The maximum atomic E-state index is 13.5. The molecule has 14 heteroatoms. The van der Waals surface area contributed by atoms with Crippen molar-refractivity contribution in [1.29, 1.82) is 5.26 Å². The second-order valence-electron chi connectivity index (χ2n) is 8.68. The Bertz CT molecular complexity index is 1390. The summed E-state index contributed by atoms with van der Waals surface area (Å²) in [6.07, 6.45) is -1.58. The monoisotopic (exact) mass is 545 g/mol. The number of aliphatic hydroxyl groups excluding tert-OH is 1. The third kappa shape index (κ3) is 4.98. The third-order valence-electron chi connectivity index (χ3n) is 6.17. The average Bonchev–Trinajstić information content (AvgIpc) is 3.41. The normalized spacial score (nSPS) is 26.5. The zero-order valence-electron chi connectivity index (χ0n) is 20.7. The van der Waals surface area contributed by atoms with Crippen LogP contribution in [0.5, 0.6) is 5.75 Å². The molecule has 38 heavy (non-hydrogen) atoms. The first-order valence-electron chi connectivity index (χ1n) is 11.7. The Morgan fingerprint density at radius 1 is 1.32 bits per heavy atom. The molecule has 5 atom stereocenters. The molecule has 0 saturated carbocycles. The first kappa shape index (κ1) is 27.5. The number of aromatic nitrogens is 2. The minimum Gasteiger partial charge on any atom is -0.465 e. The standard InChI is InChI=1S/C24H28N5O8P/c1-3-34-21(30)13-28-38(33,37-16-7-5-4-6-8-16)35-14-19-22(31)23(2,32)24(15-25,36-19)20-10-9-18-17(26)11-12-27-29(18)20/h4-12,19,22,31-32H,3,13-14,26H2,1-2H3,(H,28,33)/t19-,22-,23-,24+,38?/m1/s1. The van der Waals surface area contributed by atoms with Crippen LogP contribution in [0.3, 0.4) is 0 Å². The number of aliphatic hydroxyl groups is 2. The molecule has 0 spiro atoms. The van der Waals surface area contributed by atoms with Gasteiger partial charge in [-0.15, -0.1) is 0 Å². The van der Waals surface area contributed by atoms with E-state index in [9.17, 15) is 24.8 Å². The highest BCUT2D eigenvalue weighted by Crippen LogP contribution is 2.50. The van der Waals surface area contributed by atoms with Gasteiger partial charge in [0.1, 0.15) is 36.2 Å². The van der Waals surface area contributed by atoms with E-state index in [0.717, 1.165) is 0 Å². The molecule has 1 unspecified atom stereocenters. The minimum absolute atomic E-state index is 0.119. The van der Waals surface area contributed by atoms with Gasteiger partial charge in [-0.25, -0.2) is 14.2 Å². The van der Waals surface area contributed by atoms with Gasteiger partial charge >= 0.3 is 13.7 Å². The fourth-order valence-electron chi connectivity index (χ4n) is 4.20. The van der Waals surface area contributed by atoms with Crippen LogP contribution in [0.25, 0.3) is 5.52 Å². The van der Waals surface area contributed by atoms with Crippen LogP contribution in [-0.4, -0.2) is 63.4 Å². The number of nitrogen functional groups attached to an aromatic ring is 1. The molecule has 1 aliphatic heterocycles. The van der Waals surface area contributed by atoms with Crippen LogP contribution in [0.15, 0.2) is 54.7 Å². The summed E-state index contributed by atoms with van der Waals surface area (Å²) in [6, 6.07) is 14.7. The number of ether oxygens (including phenoxy) is 2. The summed E-state index contributed by atoms with van der Waals surface area (Å²) in [5.74, 6) is -0.509. The Kier molecular flexibility index (Phi) is 7.75. The van der Waals surface area contributed by atoms with E-state index in [1.807, 2.05) is 6.07 Å². The first-order valence-corrected chi connectivity index (χ1v) is 13.2. The Morgan fingerprint density at radius 2 is 2.05 bits per heavy atom. The van der Waals surface area contributed by atoms with Gasteiger partial charge in [0, 0.05) is 6.20 Å². The van der Waals surface area contributed by atoms with Gasteiger partial charge in [-0.05, 0) is 44.2 Å². The molecule has 3 aromatic rings. The molecule has 0 aliphatic carbocycles. The molecule has 0 radical (unpaired) electrons. The number of nitrogens with one attached hydrogen (secondary N) is 1. The second-order valence-corrected chi connectivity index (χ2v) is 10.4. The van der Waals surface area contributed by atoms with Crippen molar-refractivity contribution in [2.75, 3.05) is 25.5 Å². The van der Waals surface area contributed by atoms with E-state index in [4.69, 9.17) is 24.3 Å². The lowest BCUT2D eigenvalue weighted by Gasteiger charge is -2.33. The maximum Gasteiger partial charge on any atom is 0.459 e. The smallest absolute Gasteiger partial charge is 0.459 e. The van der Waals surface area contributed by atoms with E-state index in [1.54, 1.807) is 37.3 Å². The maximum absolute atomic E-state index is 13.5. The highest BCUT2D eigenvalue weighted by Gasteiger charge is 2.65. The number of rotatable bonds is 10. The Hall–Kier alpha value is -3.50. The SMILES string of the molecule is CCOC(=O)CNP(=O)(OC[C@H]1O[C@@](C#N)(c2ccc3c(N)ccnn23)[C@](C)(O)[C@@H]1O)Oc1ccccc1. The highest BCUT2D eigenvalue weighted by molar-refractivity contribution is 7.52. The molecular formula is C24H28N5O8P. The van der Waals surface area contributed by atoms with Crippen LogP contribution in [0.1, 0.15) is 19.5 Å². The Balaban J connectivity index is 1.60. The number of benzene rings is 1. The lowest BCUT2D eigenvalue weighted by molar-refractivity contribution is -0.141. The zero-order chi connectivity index (χ0) is 27.6. The van der Waals surface area contributed by atoms with Crippen molar-refractivity contribution in [3.63, 3.8) is 0 Å². The van der Waals surface area contributed by atoms with Crippen LogP contribution >= 0.6 is 7.75 Å². The first-order chi connectivity index (χ1) is 18.1. The molecule has 13 nitrogen and oxygen atoms in total. The van der Waals surface area contributed by atoms with Crippen LogP contribution in [0, 0.1) is 11.3 Å². The molecule has 1 saturated heterocycles. The highest BCUT2D eigenvalue weighted by atomic mass is 31.2. The van der Waals surface area contributed by atoms with Crippen molar-refractivity contribution in [1.82, 2.24) is 14.7 Å². The number of esters is 1. The van der Waals surface area contributed by atoms with Crippen LogP contribution < -0.4 is 15.3 Å². The summed E-state index contributed by atoms with van der Waals surface area (Å²) < 4.78 is 36.7. The Labute approximate surface area is 218 Å².